The van der Waals surface area contributed by atoms with E-state index in [-0.39, 0.29) is 5.96 Å². The van der Waals surface area contributed by atoms with E-state index in [0.29, 0.717) is 23.7 Å². The zero-order chi connectivity index (χ0) is 17.5. The first-order valence-electron chi connectivity index (χ1n) is 7.88. The molecule has 24 heavy (non-hydrogen) atoms. The average Bonchev–Trinajstić information content (AvgIpc) is 3.01. The smallest absolute Gasteiger partial charge is 0.193 e. The number of rotatable bonds is 7. The third kappa shape index (κ3) is 3.98. The van der Waals surface area contributed by atoms with E-state index in [1.54, 1.807) is 26.4 Å². The molecule has 0 saturated heterocycles. The van der Waals surface area contributed by atoms with Crippen molar-refractivity contribution in [1.82, 2.24) is 5.16 Å². The van der Waals surface area contributed by atoms with Crippen molar-refractivity contribution in [1.29, 1.82) is 0 Å². The molecule has 2 aromatic rings. The van der Waals surface area contributed by atoms with Crippen molar-refractivity contribution < 1.29 is 14.0 Å². The first-order valence-corrected chi connectivity index (χ1v) is 7.88. The second-order valence-corrected chi connectivity index (χ2v) is 5.13. The minimum Gasteiger partial charge on any atom is -0.497 e. The van der Waals surface area contributed by atoms with Crippen molar-refractivity contribution in [3.63, 3.8) is 0 Å². The zero-order valence-corrected chi connectivity index (χ0v) is 14.5. The number of nitrogens with one attached hydrogen (secondary N) is 1. The van der Waals surface area contributed by atoms with Gasteiger partial charge < -0.3 is 25.0 Å². The topological polar surface area (TPSA) is 94.9 Å². The molecular formula is C17H24N4O3. The number of nitrogens with zero attached hydrogens (tertiary/aromatic N) is 2. The van der Waals surface area contributed by atoms with Gasteiger partial charge in [0.2, 0.25) is 0 Å². The number of ether oxygens (including phenoxy) is 2. The van der Waals surface area contributed by atoms with Crippen LogP contribution in [0.3, 0.4) is 0 Å². The van der Waals surface area contributed by atoms with E-state index in [0.717, 1.165) is 29.9 Å². The van der Waals surface area contributed by atoms with Gasteiger partial charge in [0.05, 0.1) is 32.1 Å². The van der Waals surface area contributed by atoms with E-state index in [1.807, 2.05) is 19.9 Å². The van der Waals surface area contributed by atoms with Crippen molar-refractivity contribution in [2.45, 2.75) is 33.2 Å². The number of guanidine groups is 1. The summed E-state index contributed by atoms with van der Waals surface area (Å²) < 4.78 is 15.9. The van der Waals surface area contributed by atoms with Crippen molar-refractivity contribution in [3.05, 3.63) is 35.2 Å². The summed E-state index contributed by atoms with van der Waals surface area (Å²) in [5, 5.41) is 7.12. The molecule has 0 aliphatic heterocycles. The number of aliphatic imine (C=N–C) groups is 1. The Morgan fingerprint density at radius 3 is 2.67 bits per heavy atom. The fourth-order valence-electron chi connectivity index (χ4n) is 2.37. The molecule has 3 N–H and O–H groups in total. The van der Waals surface area contributed by atoms with Gasteiger partial charge in [-0.15, -0.1) is 0 Å². The fraction of sp³-hybridized carbons (Fsp3) is 0.412. The Balaban J connectivity index is 2.16. The predicted molar refractivity (Wildman–Crippen MR) is 93.8 cm³/mol. The number of aromatic nitrogens is 1. The van der Waals surface area contributed by atoms with Crippen LogP contribution in [-0.2, 0) is 19.4 Å². The van der Waals surface area contributed by atoms with Crippen LogP contribution in [0.1, 0.15) is 30.9 Å². The molecule has 7 heteroatoms. The number of aryl methyl sites for hydroxylation is 2. The Morgan fingerprint density at radius 1 is 1.25 bits per heavy atom. The summed E-state index contributed by atoms with van der Waals surface area (Å²) in [7, 11) is 3.20. The highest BCUT2D eigenvalue weighted by molar-refractivity contribution is 5.94. The maximum absolute atomic E-state index is 6.01. The molecule has 0 radical (unpaired) electrons. The number of benzene rings is 1. The SMILES string of the molecule is CCc1noc(CC)c1CN=C(N)Nc1cc(OC)ccc1OC. The molecule has 1 heterocycles. The monoisotopic (exact) mass is 332 g/mol. The van der Waals surface area contributed by atoms with Crippen LogP contribution < -0.4 is 20.5 Å². The van der Waals surface area contributed by atoms with Crippen LogP contribution >= 0.6 is 0 Å². The summed E-state index contributed by atoms with van der Waals surface area (Å²) in [6.45, 7) is 4.48. The van der Waals surface area contributed by atoms with Gasteiger partial charge in [-0.1, -0.05) is 19.0 Å². The van der Waals surface area contributed by atoms with E-state index in [1.165, 1.54) is 0 Å². The lowest BCUT2D eigenvalue weighted by atomic mass is 10.1. The Labute approximate surface area is 141 Å². The minimum absolute atomic E-state index is 0.284. The van der Waals surface area contributed by atoms with Crippen molar-refractivity contribution in [2.75, 3.05) is 19.5 Å². The number of nitrogens with two attached hydrogens (primary N) is 1. The molecule has 0 bridgehead atoms. The predicted octanol–water partition coefficient (Wildman–Crippen LogP) is 2.74. The van der Waals surface area contributed by atoms with Gasteiger partial charge in [-0.25, -0.2) is 4.99 Å². The van der Waals surface area contributed by atoms with Gasteiger partial charge in [-0.2, -0.15) is 0 Å². The van der Waals surface area contributed by atoms with Crippen LogP contribution in [0.15, 0.2) is 27.7 Å². The van der Waals surface area contributed by atoms with Crippen LogP contribution in [0.25, 0.3) is 0 Å². The molecule has 0 spiro atoms. The van der Waals surface area contributed by atoms with Crippen LogP contribution in [0, 0.1) is 0 Å². The van der Waals surface area contributed by atoms with E-state index in [2.05, 4.69) is 15.5 Å². The normalized spacial score (nSPS) is 11.4. The quantitative estimate of drug-likeness (QED) is 0.598. The lowest BCUT2D eigenvalue weighted by molar-refractivity contribution is 0.380. The number of methoxy groups -OCH3 is 2. The van der Waals surface area contributed by atoms with Gasteiger partial charge in [0, 0.05) is 18.1 Å². The molecule has 0 amide bonds. The number of hydrogen-bond donors (Lipinski definition) is 2. The molecule has 0 fully saturated rings. The van der Waals surface area contributed by atoms with E-state index >= 15 is 0 Å². The molecule has 2 rings (SSSR count). The third-order valence-corrected chi connectivity index (χ3v) is 3.68. The summed E-state index contributed by atoms with van der Waals surface area (Å²) in [5.41, 5.74) is 8.62. The third-order valence-electron chi connectivity index (χ3n) is 3.68. The summed E-state index contributed by atoms with van der Waals surface area (Å²) >= 11 is 0. The fourth-order valence-corrected chi connectivity index (χ4v) is 2.37. The van der Waals surface area contributed by atoms with Crippen LogP contribution in [0.5, 0.6) is 11.5 Å². The lowest BCUT2D eigenvalue weighted by Gasteiger charge is -2.12. The van der Waals surface area contributed by atoms with Crippen molar-refractivity contribution in [2.24, 2.45) is 10.7 Å². The first-order chi connectivity index (χ1) is 11.6. The largest absolute Gasteiger partial charge is 0.497 e. The van der Waals surface area contributed by atoms with E-state index < -0.39 is 0 Å². The zero-order valence-electron chi connectivity index (χ0n) is 14.5. The maximum atomic E-state index is 6.01. The summed E-state index contributed by atoms with van der Waals surface area (Å²) in [6.07, 6.45) is 1.57. The van der Waals surface area contributed by atoms with Crippen molar-refractivity contribution >= 4 is 11.6 Å². The molecule has 130 valence electrons. The summed E-state index contributed by atoms with van der Waals surface area (Å²) in [5.74, 6) is 2.49. The average molecular weight is 332 g/mol. The van der Waals surface area contributed by atoms with Gasteiger partial charge >= 0.3 is 0 Å². The van der Waals surface area contributed by atoms with Gasteiger partial charge in [0.25, 0.3) is 0 Å². The molecule has 0 aliphatic carbocycles. The molecule has 7 nitrogen and oxygen atoms in total. The Bertz CT molecular complexity index is 688. The minimum atomic E-state index is 0.284. The second kappa shape index (κ2) is 8.24. The maximum Gasteiger partial charge on any atom is 0.193 e. The highest BCUT2D eigenvalue weighted by Gasteiger charge is 2.13. The Morgan fingerprint density at radius 2 is 2.04 bits per heavy atom. The molecule has 0 saturated carbocycles. The highest BCUT2D eigenvalue weighted by atomic mass is 16.5. The molecule has 0 aliphatic rings. The van der Waals surface area contributed by atoms with Gasteiger partial charge in [-0.3, -0.25) is 0 Å². The first kappa shape index (κ1) is 17.7. The van der Waals surface area contributed by atoms with E-state index in [9.17, 15) is 0 Å². The lowest BCUT2D eigenvalue weighted by Crippen LogP contribution is -2.23. The van der Waals surface area contributed by atoms with Crippen LogP contribution in [-0.4, -0.2) is 25.3 Å². The molecule has 1 aromatic heterocycles. The molecule has 0 atom stereocenters. The summed E-state index contributed by atoms with van der Waals surface area (Å²) in [6, 6.07) is 5.42. The van der Waals surface area contributed by atoms with Gasteiger partial charge in [0.1, 0.15) is 17.3 Å². The Hall–Kier alpha value is -2.70. The second-order valence-electron chi connectivity index (χ2n) is 5.13. The van der Waals surface area contributed by atoms with Crippen molar-refractivity contribution in [3.8, 4) is 11.5 Å². The highest BCUT2D eigenvalue weighted by Crippen LogP contribution is 2.28. The van der Waals surface area contributed by atoms with E-state index in [4.69, 9.17) is 19.7 Å². The molecule has 1 aromatic carbocycles. The van der Waals surface area contributed by atoms with Crippen LogP contribution in [0.4, 0.5) is 5.69 Å². The molecule has 0 unspecified atom stereocenters. The van der Waals surface area contributed by atoms with Gasteiger partial charge in [-0.05, 0) is 18.6 Å². The van der Waals surface area contributed by atoms with Gasteiger partial charge in [0.15, 0.2) is 5.96 Å². The Kier molecular flexibility index (Phi) is 6.06. The number of hydrogen-bond acceptors (Lipinski definition) is 5. The summed E-state index contributed by atoms with van der Waals surface area (Å²) in [4.78, 5) is 4.40. The standard InChI is InChI=1S/C17H24N4O3/c1-5-13-12(15(6-2)24-21-13)10-19-17(18)20-14-9-11(22-3)7-8-16(14)23-4/h7-9H,5-6,10H2,1-4H3,(H3,18,19,20). The van der Waals surface area contributed by atoms with Crippen LogP contribution in [0.2, 0.25) is 0 Å². The number of anilines is 1. The molecular weight excluding hydrogens is 308 g/mol.